The molecule has 1 fully saturated rings. The summed E-state index contributed by atoms with van der Waals surface area (Å²) in [4.78, 5) is 12.8. The van der Waals surface area contributed by atoms with Crippen LogP contribution in [0, 0.1) is 0 Å². The first-order chi connectivity index (χ1) is 13.9. The van der Waals surface area contributed by atoms with Crippen LogP contribution >= 0.6 is 11.3 Å². The van der Waals surface area contributed by atoms with Crippen LogP contribution in [0.25, 0.3) is 21.6 Å². The molecular weight excluding hydrogens is 408 g/mol. The Balaban J connectivity index is 1.75. The summed E-state index contributed by atoms with van der Waals surface area (Å²) < 4.78 is 33.1. The molecule has 1 aliphatic rings. The number of hydrogen-bond acceptors (Lipinski definition) is 7. The van der Waals surface area contributed by atoms with Crippen LogP contribution in [-0.4, -0.2) is 44.7 Å². The zero-order chi connectivity index (χ0) is 20.4. The molecule has 0 unspecified atom stereocenters. The maximum Gasteiger partial charge on any atom is 0.236 e. The van der Waals surface area contributed by atoms with E-state index in [1.54, 1.807) is 0 Å². The van der Waals surface area contributed by atoms with Gasteiger partial charge in [-0.2, -0.15) is 0 Å². The van der Waals surface area contributed by atoms with Gasteiger partial charge in [-0.25, -0.2) is 23.1 Å². The molecule has 0 saturated carbocycles. The number of hydrogen-bond donors (Lipinski definition) is 1. The third-order valence-corrected chi connectivity index (χ3v) is 7.20. The van der Waals surface area contributed by atoms with Gasteiger partial charge in [-0.3, -0.25) is 0 Å². The molecule has 3 heterocycles. The van der Waals surface area contributed by atoms with E-state index >= 15 is 0 Å². The lowest BCUT2D eigenvalue weighted by molar-refractivity contribution is 0.122. The Labute approximate surface area is 174 Å². The number of anilines is 1. The zero-order valence-corrected chi connectivity index (χ0v) is 17.7. The van der Waals surface area contributed by atoms with Gasteiger partial charge in [0.2, 0.25) is 10.0 Å². The highest BCUT2D eigenvalue weighted by Crippen LogP contribution is 2.34. The topological polar surface area (TPSA) is 84.4 Å². The van der Waals surface area contributed by atoms with E-state index in [1.807, 2.05) is 36.4 Å². The Hall–Kier alpha value is -2.33. The Kier molecular flexibility index (Phi) is 5.64. The second kappa shape index (κ2) is 8.19. The van der Waals surface area contributed by atoms with Gasteiger partial charge in [0.25, 0.3) is 0 Å². The van der Waals surface area contributed by atoms with E-state index in [0.29, 0.717) is 19.0 Å². The van der Waals surface area contributed by atoms with Crippen molar-refractivity contribution in [1.82, 2.24) is 14.7 Å². The normalized spacial score (nSPS) is 15.0. The molecule has 0 radical (unpaired) electrons. The maximum absolute atomic E-state index is 12.0. The second-order valence-electron chi connectivity index (χ2n) is 6.79. The van der Waals surface area contributed by atoms with E-state index < -0.39 is 10.0 Å². The first kappa shape index (κ1) is 20.0. The Morgan fingerprint density at radius 2 is 1.97 bits per heavy atom. The monoisotopic (exact) mass is 430 g/mol. The smallest absolute Gasteiger partial charge is 0.236 e. The van der Waals surface area contributed by atoms with E-state index in [1.165, 1.54) is 18.3 Å². The fourth-order valence-corrected chi connectivity index (χ4v) is 4.78. The van der Waals surface area contributed by atoms with E-state index in [4.69, 9.17) is 14.7 Å². The lowest BCUT2D eigenvalue weighted by Crippen LogP contribution is -2.36. The van der Waals surface area contributed by atoms with Crippen LogP contribution < -0.4 is 9.62 Å². The average molecular weight is 431 g/mol. The van der Waals surface area contributed by atoms with Crippen molar-refractivity contribution >= 4 is 37.4 Å². The van der Waals surface area contributed by atoms with Crippen LogP contribution in [-0.2, 0) is 21.3 Å². The number of fused-ring (bicyclic) bond motifs is 1. The first-order valence-electron chi connectivity index (χ1n) is 9.28. The molecule has 0 atom stereocenters. The number of sulfonamides is 1. The fraction of sp³-hybridized carbons (Fsp3) is 0.300. The number of ether oxygens (including phenoxy) is 1. The van der Waals surface area contributed by atoms with Gasteiger partial charge in [-0.1, -0.05) is 36.9 Å². The number of rotatable bonds is 6. The minimum atomic E-state index is -3.52. The largest absolute Gasteiger partial charge is 0.378 e. The molecule has 7 nitrogen and oxygen atoms in total. The number of allylic oxidation sites excluding steroid dienone is 1. The molecular formula is C20H22N4O3S2. The summed E-state index contributed by atoms with van der Waals surface area (Å²) in [5, 5.41) is 0. The fourth-order valence-electron chi connectivity index (χ4n) is 3.05. The summed E-state index contributed by atoms with van der Waals surface area (Å²) >= 11 is 1.51. The molecule has 9 heteroatoms. The maximum atomic E-state index is 12.0. The number of thiophene rings is 1. The van der Waals surface area contributed by atoms with Gasteiger partial charge in [0.1, 0.15) is 0 Å². The van der Waals surface area contributed by atoms with Gasteiger partial charge in [0.05, 0.1) is 23.4 Å². The molecule has 1 saturated heterocycles. The van der Waals surface area contributed by atoms with Crippen molar-refractivity contribution in [2.24, 2.45) is 0 Å². The van der Waals surface area contributed by atoms with Gasteiger partial charge < -0.3 is 9.64 Å². The summed E-state index contributed by atoms with van der Waals surface area (Å²) in [6.45, 7) is 8.01. The van der Waals surface area contributed by atoms with Gasteiger partial charge in [-0.05, 0) is 13.0 Å². The van der Waals surface area contributed by atoms with Crippen molar-refractivity contribution in [1.29, 1.82) is 0 Å². The highest BCUT2D eigenvalue weighted by Gasteiger charge is 2.20. The highest BCUT2D eigenvalue weighted by atomic mass is 32.2. The van der Waals surface area contributed by atoms with Crippen molar-refractivity contribution in [3.8, 4) is 11.4 Å². The summed E-state index contributed by atoms with van der Waals surface area (Å²) in [5.41, 5.74) is 1.76. The molecule has 152 valence electrons. The highest BCUT2D eigenvalue weighted by molar-refractivity contribution is 7.93. The number of benzene rings is 1. The molecule has 4 rings (SSSR count). The predicted molar refractivity (Wildman–Crippen MR) is 116 cm³/mol. The average Bonchev–Trinajstić information content (AvgIpc) is 3.16. The summed E-state index contributed by atoms with van der Waals surface area (Å²) in [7, 11) is -3.52. The molecule has 0 bridgehead atoms. The minimum Gasteiger partial charge on any atom is -0.378 e. The van der Waals surface area contributed by atoms with Gasteiger partial charge in [0, 0.05) is 35.0 Å². The van der Waals surface area contributed by atoms with Gasteiger partial charge in [0.15, 0.2) is 11.6 Å². The first-order valence-corrected chi connectivity index (χ1v) is 11.6. The second-order valence-corrected chi connectivity index (χ2v) is 9.92. The third kappa shape index (κ3) is 4.32. The minimum absolute atomic E-state index is 0.0961. The molecule has 0 amide bonds. The lowest BCUT2D eigenvalue weighted by atomic mass is 10.2. The van der Waals surface area contributed by atoms with Crippen molar-refractivity contribution < 1.29 is 13.2 Å². The van der Waals surface area contributed by atoms with Gasteiger partial charge >= 0.3 is 0 Å². The van der Waals surface area contributed by atoms with E-state index in [2.05, 4.69) is 16.2 Å². The molecule has 1 N–H and O–H groups in total. The number of nitrogens with zero attached hydrogens (tertiary/aromatic N) is 3. The number of nitrogens with one attached hydrogen (secondary N) is 1. The SMILES string of the molecule is C=C(C)S(=O)(=O)NCc1cc2nc(-c3ccccc3)nc(N3CCOCC3)c2s1. The number of aromatic nitrogens is 2. The summed E-state index contributed by atoms with van der Waals surface area (Å²) in [6.07, 6.45) is 0. The van der Waals surface area contributed by atoms with Crippen molar-refractivity contribution in [3.05, 3.63) is 52.8 Å². The van der Waals surface area contributed by atoms with E-state index in [0.717, 1.165) is 39.6 Å². The molecule has 3 aromatic rings. The molecule has 0 spiro atoms. The van der Waals surface area contributed by atoms with Crippen LogP contribution in [0.3, 0.4) is 0 Å². The number of morpholine rings is 1. The summed E-state index contributed by atoms with van der Waals surface area (Å²) in [5.74, 6) is 1.53. The lowest BCUT2D eigenvalue weighted by Gasteiger charge is -2.28. The zero-order valence-electron chi connectivity index (χ0n) is 16.1. The van der Waals surface area contributed by atoms with Crippen molar-refractivity contribution in [2.45, 2.75) is 13.5 Å². The molecule has 1 aromatic carbocycles. The van der Waals surface area contributed by atoms with E-state index in [-0.39, 0.29) is 11.4 Å². The van der Waals surface area contributed by atoms with Gasteiger partial charge in [-0.15, -0.1) is 11.3 Å². The van der Waals surface area contributed by atoms with E-state index in [9.17, 15) is 8.42 Å². The Morgan fingerprint density at radius 1 is 1.24 bits per heavy atom. The molecule has 0 aliphatic carbocycles. The summed E-state index contributed by atoms with van der Waals surface area (Å²) in [6, 6.07) is 11.8. The third-order valence-electron chi connectivity index (χ3n) is 4.64. The quantitative estimate of drug-likeness (QED) is 0.647. The molecule has 29 heavy (non-hydrogen) atoms. The van der Waals surface area contributed by atoms with Crippen molar-refractivity contribution in [3.63, 3.8) is 0 Å². The van der Waals surface area contributed by atoms with Crippen LogP contribution in [0.1, 0.15) is 11.8 Å². The standard InChI is InChI=1S/C20H22N4O3S2/c1-14(2)29(25,26)21-13-16-12-17-18(28-16)20(24-8-10-27-11-9-24)23-19(22-17)15-6-4-3-5-7-15/h3-7,12,21H,1,8-11,13H2,2H3. The van der Waals surface area contributed by atoms with Crippen LogP contribution in [0.5, 0.6) is 0 Å². The molecule has 1 aliphatic heterocycles. The van der Waals surface area contributed by atoms with Crippen molar-refractivity contribution in [2.75, 3.05) is 31.2 Å². The van der Waals surface area contributed by atoms with Crippen LogP contribution in [0.15, 0.2) is 47.9 Å². The van der Waals surface area contributed by atoms with Crippen LogP contribution in [0.4, 0.5) is 5.82 Å². The Bertz CT molecular complexity index is 1140. The van der Waals surface area contributed by atoms with Crippen LogP contribution in [0.2, 0.25) is 0 Å². The molecule has 2 aromatic heterocycles. The predicted octanol–water partition coefficient (Wildman–Crippen LogP) is 3.15. The Morgan fingerprint density at radius 3 is 2.66 bits per heavy atom.